The number of imidazole rings is 1. The van der Waals surface area contributed by atoms with E-state index < -0.39 is 0 Å². The highest BCUT2D eigenvalue weighted by atomic mass is 35.5. The number of nitrogens with zero attached hydrogens (tertiary/aromatic N) is 2. The Morgan fingerprint density at radius 1 is 1.50 bits per heavy atom. The number of anilines is 1. The molecule has 6 heteroatoms. The lowest BCUT2D eigenvalue weighted by Gasteiger charge is -2.23. The first kappa shape index (κ1) is 13.1. The summed E-state index contributed by atoms with van der Waals surface area (Å²) in [4.78, 5) is 16.7. The number of halogens is 1. The van der Waals surface area contributed by atoms with Crippen molar-refractivity contribution in [2.45, 2.75) is 19.5 Å². The van der Waals surface area contributed by atoms with E-state index in [2.05, 4.69) is 15.6 Å². The van der Waals surface area contributed by atoms with Gasteiger partial charge < -0.3 is 15.2 Å². The third kappa shape index (κ3) is 2.30. The maximum Gasteiger partial charge on any atom is 0.273 e. The van der Waals surface area contributed by atoms with E-state index in [1.807, 2.05) is 23.6 Å². The molecule has 1 atom stereocenters. The predicted octanol–water partition coefficient (Wildman–Crippen LogP) is 2.45. The number of hydrogen-bond acceptors (Lipinski definition) is 3. The minimum atomic E-state index is -0.189. The van der Waals surface area contributed by atoms with Crippen LogP contribution >= 0.6 is 11.6 Å². The lowest BCUT2D eigenvalue weighted by molar-refractivity contribution is 0.101. The fourth-order valence-corrected chi connectivity index (χ4v) is 2.57. The molecule has 0 aliphatic carbocycles. The Balaban J connectivity index is 1.87. The third-order valence-electron chi connectivity index (χ3n) is 3.41. The van der Waals surface area contributed by atoms with Crippen LogP contribution < -0.4 is 10.6 Å². The van der Waals surface area contributed by atoms with Crippen LogP contribution in [0.1, 0.15) is 29.3 Å². The zero-order chi connectivity index (χ0) is 14.1. The van der Waals surface area contributed by atoms with Crippen molar-refractivity contribution in [1.29, 1.82) is 0 Å². The largest absolute Gasteiger partial charge is 0.321 e. The van der Waals surface area contributed by atoms with E-state index in [0.29, 0.717) is 16.4 Å². The molecule has 5 nitrogen and oxygen atoms in total. The minimum absolute atomic E-state index is 0.158. The van der Waals surface area contributed by atoms with Crippen molar-refractivity contribution in [3.63, 3.8) is 0 Å². The molecule has 1 amide bonds. The molecule has 0 fully saturated rings. The summed E-state index contributed by atoms with van der Waals surface area (Å²) in [7, 11) is 0. The molecular weight excluding hydrogens is 276 g/mol. The fourth-order valence-electron chi connectivity index (χ4n) is 2.38. The number of fused-ring (bicyclic) bond motifs is 1. The van der Waals surface area contributed by atoms with E-state index in [0.717, 1.165) is 18.9 Å². The van der Waals surface area contributed by atoms with Gasteiger partial charge in [-0.25, -0.2) is 4.98 Å². The van der Waals surface area contributed by atoms with Gasteiger partial charge in [-0.1, -0.05) is 23.7 Å². The molecule has 1 aliphatic rings. The fraction of sp³-hybridized carbons (Fsp3) is 0.286. The summed E-state index contributed by atoms with van der Waals surface area (Å²) in [5.74, 6) is 0.700. The number of aromatic nitrogens is 2. The van der Waals surface area contributed by atoms with Crippen molar-refractivity contribution in [1.82, 2.24) is 14.9 Å². The predicted molar refractivity (Wildman–Crippen MR) is 78.0 cm³/mol. The molecule has 0 spiro atoms. The van der Waals surface area contributed by atoms with Gasteiger partial charge in [0.1, 0.15) is 11.5 Å². The molecule has 1 aromatic heterocycles. The Kier molecular flexibility index (Phi) is 3.46. The van der Waals surface area contributed by atoms with E-state index in [9.17, 15) is 4.79 Å². The third-order valence-corrected chi connectivity index (χ3v) is 3.74. The standard InChI is InChI=1S/C14H15ClN4O/c1-9-13-17-8-12(19(13)7-6-16-9)14(20)18-11-5-3-2-4-10(11)15/h2-5,8-9,16H,6-7H2,1H3,(H,18,20). The van der Waals surface area contributed by atoms with Crippen molar-refractivity contribution in [2.24, 2.45) is 0 Å². The number of carbonyl (C=O) groups is 1. The van der Waals surface area contributed by atoms with Gasteiger partial charge in [-0.3, -0.25) is 4.79 Å². The van der Waals surface area contributed by atoms with Crippen LogP contribution in [-0.2, 0) is 6.54 Å². The molecule has 0 saturated heterocycles. The highest BCUT2D eigenvalue weighted by Gasteiger charge is 2.23. The number of hydrogen-bond donors (Lipinski definition) is 2. The molecule has 2 aromatic rings. The Bertz CT molecular complexity index is 652. The molecule has 0 radical (unpaired) electrons. The van der Waals surface area contributed by atoms with Crippen LogP contribution in [0.4, 0.5) is 5.69 Å². The maximum atomic E-state index is 12.4. The van der Waals surface area contributed by atoms with E-state index in [4.69, 9.17) is 11.6 Å². The zero-order valence-electron chi connectivity index (χ0n) is 11.1. The number of rotatable bonds is 2. The van der Waals surface area contributed by atoms with Crippen molar-refractivity contribution in [3.8, 4) is 0 Å². The van der Waals surface area contributed by atoms with Crippen LogP contribution in [0.15, 0.2) is 30.5 Å². The lowest BCUT2D eigenvalue weighted by Crippen LogP contribution is -2.33. The Morgan fingerprint density at radius 2 is 2.30 bits per heavy atom. The molecular formula is C14H15ClN4O. The van der Waals surface area contributed by atoms with E-state index in [-0.39, 0.29) is 11.9 Å². The molecule has 20 heavy (non-hydrogen) atoms. The van der Waals surface area contributed by atoms with Crippen LogP contribution in [0.25, 0.3) is 0 Å². The number of amides is 1. The number of benzene rings is 1. The topological polar surface area (TPSA) is 59.0 Å². The summed E-state index contributed by atoms with van der Waals surface area (Å²) in [6.07, 6.45) is 1.62. The highest BCUT2D eigenvalue weighted by Crippen LogP contribution is 2.22. The van der Waals surface area contributed by atoms with Crippen molar-refractivity contribution >= 4 is 23.2 Å². The number of para-hydroxylation sites is 1. The van der Waals surface area contributed by atoms with Gasteiger partial charge in [0.2, 0.25) is 0 Å². The smallest absolute Gasteiger partial charge is 0.273 e. The quantitative estimate of drug-likeness (QED) is 0.893. The molecule has 2 N–H and O–H groups in total. The van der Waals surface area contributed by atoms with Gasteiger partial charge in [0.15, 0.2) is 0 Å². The van der Waals surface area contributed by atoms with Gasteiger partial charge >= 0.3 is 0 Å². The second kappa shape index (κ2) is 5.26. The summed E-state index contributed by atoms with van der Waals surface area (Å²) in [6, 6.07) is 7.34. The molecule has 104 valence electrons. The molecule has 0 bridgehead atoms. The van der Waals surface area contributed by atoms with Crippen LogP contribution in [0.3, 0.4) is 0 Å². The van der Waals surface area contributed by atoms with Crippen molar-refractivity contribution in [3.05, 3.63) is 47.0 Å². The van der Waals surface area contributed by atoms with Crippen molar-refractivity contribution < 1.29 is 4.79 Å². The highest BCUT2D eigenvalue weighted by molar-refractivity contribution is 6.33. The summed E-state index contributed by atoms with van der Waals surface area (Å²) < 4.78 is 1.95. The monoisotopic (exact) mass is 290 g/mol. The SMILES string of the molecule is CC1NCCn2c(C(=O)Nc3ccccc3Cl)cnc21. The second-order valence-electron chi connectivity index (χ2n) is 4.76. The summed E-state index contributed by atoms with van der Waals surface area (Å²) in [6.45, 7) is 3.61. The molecule has 1 aromatic carbocycles. The van der Waals surface area contributed by atoms with Crippen molar-refractivity contribution in [2.75, 3.05) is 11.9 Å². The van der Waals surface area contributed by atoms with E-state index >= 15 is 0 Å². The van der Waals surface area contributed by atoms with Crippen LogP contribution in [0.5, 0.6) is 0 Å². The van der Waals surface area contributed by atoms with Crippen LogP contribution in [0, 0.1) is 0 Å². The summed E-state index contributed by atoms with van der Waals surface area (Å²) in [5, 5.41) is 6.66. The average Bonchev–Trinajstić information content (AvgIpc) is 2.87. The lowest BCUT2D eigenvalue weighted by atomic mass is 10.2. The van der Waals surface area contributed by atoms with Gasteiger partial charge in [-0.05, 0) is 19.1 Å². The van der Waals surface area contributed by atoms with Gasteiger partial charge in [0, 0.05) is 13.1 Å². The van der Waals surface area contributed by atoms with Gasteiger partial charge in [0.05, 0.1) is 22.9 Å². The molecule has 2 heterocycles. The van der Waals surface area contributed by atoms with E-state index in [1.165, 1.54) is 0 Å². The summed E-state index contributed by atoms with van der Waals surface area (Å²) >= 11 is 6.05. The first-order chi connectivity index (χ1) is 9.66. The normalized spacial score (nSPS) is 17.6. The zero-order valence-corrected chi connectivity index (χ0v) is 11.8. The maximum absolute atomic E-state index is 12.4. The number of nitrogens with one attached hydrogen (secondary N) is 2. The Labute approximate surface area is 122 Å². The Morgan fingerprint density at radius 3 is 3.10 bits per heavy atom. The minimum Gasteiger partial charge on any atom is -0.321 e. The molecule has 3 rings (SSSR count). The molecule has 0 saturated carbocycles. The average molecular weight is 291 g/mol. The number of carbonyl (C=O) groups excluding carboxylic acids is 1. The van der Waals surface area contributed by atoms with Crippen LogP contribution in [-0.4, -0.2) is 22.0 Å². The first-order valence-corrected chi connectivity index (χ1v) is 6.89. The van der Waals surface area contributed by atoms with Gasteiger partial charge in [0.25, 0.3) is 5.91 Å². The Hall–Kier alpha value is -1.85. The molecule has 1 aliphatic heterocycles. The van der Waals surface area contributed by atoms with Gasteiger partial charge in [-0.2, -0.15) is 0 Å². The van der Waals surface area contributed by atoms with E-state index in [1.54, 1.807) is 18.3 Å². The second-order valence-corrected chi connectivity index (χ2v) is 5.17. The molecule has 1 unspecified atom stereocenters. The first-order valence-electron chi connectivity index (χ1n) is 6.51. The van der Waals surface area contributed by atoms with Crippen LogP contribution in [0.2, 0.25) is 5.02 Å². The summed E-state index contributed by atoms with van der Waals surface area (Å²) in [5.41, 5.74) is 1.17. The van der Waals surface area contributed by atoms with Gasteiger partial charge in [-0.15, -0.1) is 0 Å².